The van der Waals surface area contributed by atoms with Gasteiger partial charge in [-0.3, -0.25) is 9.59 Å². The third-order valence-electron chi connectivity index (χ3n) is 7.07. The molecule has 2 atom stereocenters. The molecule has 2 amide bonds. The van der Waals surface area contributed by atoms with Crippen molar-refractivity contribution in [2.45, 2.75) is 30.3 Å². The van der Waals surface area contributed by atoms with E-state index in [0.29, 0.717) is 25.9 Å². The van der Waals surface area contributed by atoms with E-state index in [4.69, 9.17) is 0 Å². The van der Waals surface area contributed by atoms with Crippen LogP contribution in [0.4, 0.5) is 0 Å². The first-order valence-electron chi connectivity index (χ1n) is 11.5. The summed E-state index contributed by atoms with van der Waals surface area (Å²) in [6, 6.07) is 29.2. The Hall–Kier alpha value is -3.44. The van der Waals surface area contributed by atoms with Gasteiger partial charge in [0.15, 0.2) is 0 Å². The second-order valence-electron chi connectivity index (χ2n) is 9.08. The van der Waals surface area contributed by atoms with Crippen molar-refractivity contribution in [3.8, 4) is 0 Å². The molecule has 33 heavy (non-hydrogen) atoms. The molecule has 3 aromatic rings. The minimum atomic E-state index is -0.465. The van der Waals surface area contributed by atoms with Gasteiger partial charge in [0.1, 0.15) is 0 Å². The molecule has 5 nitrogen and oxygen atoms in total. The number of nitrogens with zero attached hydrogens (tertiary/aromatic N) is 2. The Labute approximate surface area is 194 Å². The summed E-state index contributed by atoms with van der Waals surface area (Å²) in [6.07, 6.45) is 0.646. The summed E-state index contributed by atoms with van der Waals surface area (Å²) in [5.74, 6) is 0.0772. The van der Waals surface area contributed by atoms with Gasteiger partial charge in [-0.1, -0.05) is 91.0 Å². The molecule has 2 saturated heterocycles. The lowest BCUT2D eigenvalue weighted by atomic mass is 9.60. The maximum absolute atomic E-state index is 13.4. The predicted molar refractivity (Wildman–Crippen MR) is 127 cm³/mol. The van der Waals surface area contributed by atoms with Crippen LogP contribution in [0.1, 0.15) is 22.6 Å². The zero-order valence-electron chi connectivity index (χ0n) is 18.5. The van der Waals surface area contributed by atoms with Crippen molar-refractivity contribution < 1.29 is 14.7 Å². The largest absolute Gasteiger partial charge is 0.394 e. The van der Waals surface area contributed by atoms with Crippen molar-refractivity contribution in [2.75, 3.05) is 19.7 Å². The second kappa shape index (κ2) is 8.83. The highest BCUT2D eigenvalue weighted by Crippen LogP contribution is 2.54. The molecule has 5 heteroatoms. The van der Waals surface area contributed by atoms with Crippen molar-refractivity contribution >= 4 is 11.8 Å². The van der Waals surface area contributed by atoms with Crippen LogP contribution in [0.3, 0.4) is 0 Å². The van der Waals surface area contributed by atoms with Crippen LogP contribution in [0.15, 0.2) is 91.0 Å². The van der Waals surface area contributed by atoms with Gasteiger partial charge in [-0.05, 0) is 16.7 Å². The lowest BCUT2D eigenvalue weighted by Gasteiger charge is -2.70. The van der Waals surface area contributed by atoms with Gasteiger partial charge in [-0.25, -0.2) is 0 Å². The van der Waals surface area contributed by atoms with Crippen molar-refractivity contribution in [1.29, 1.82) is 0 Å². The van der Waals surface area contributed by atoms with Gasteiger partial charge in [0, 0.05) is 19.0 Å². The molecule has 0 radical (unpaired) electrons. The predicted octanol–water partition coefficient (Wildman–Crippen LogP) is 3.04. The minimum absolute atomic E-state index is 0.00240. The van der Waals surface area contributed by atoms with Crippen molar-refractivity contribution in [3.05, 3.63) is 108 Å². The zero-order valence-corrected chi connectivity index (χ0v) is 18.5. The number of aliphatic hydroxyl groups excluding tert-OH is 1. The van der Waals surface area contributed by atoms with E-state index in [1.807, 2.05) is 88.7 Å². The lowest BCUT2D eigenvalue weighted by Crippen LogP contribution is -2.86. The Kier molecular flexibility index (Phi) is 5.73. The number of hydrogen-bond donors (Lipinski definition) is 1. The van der Waals surface area contributed by atoms with E-state index < -0.39 is 5.54 Å². The first-order valence-corrected chi connectivity index (χ1v) is 11.5. The van der Waals surface area contributed by atoms with Gasteiger partial charge in [-0.2, -0.15) is 0 Å². The molecule has 0 bridgehead atoms. The van der Waals surface area contributed by atoms with Crippen LogP contribution in [0, 0.1) is 0 Å². The monoisotopic (exact) mass is 440 g/mol. The number of amides is 2. The number of carbonyl (C=O) groups is 2. The first-order chi connectivity index (χ1) is 16.1. The molecule has 1 N–H and O–H groups in total. The summed E-state index contributed by atoms with van der Waals surface area (Å²) in [5, 5.41) is 10.3. The summed E-state index contributed by atoms with van der Waals surface area (Å²) in [6.45, 7) is 0.893. The molecule has 2 heterocycles. The summed E-state index contributed by atoms with van der Waals surface area (Å²) in [4.78, 5) is 30.1. The lowest BCUT2D eigenvalue weighted by molar-refractivity contribution is -0.202. The molecular formula is C28H28N2O3. The van der Waals surface area contributed by atoms with Gasteiger partial charge < -0.3 is 14.9 Å². The summed E-state index contributed by atoms with van der Waals surface area (Å²) in [7, 11) is 0. The molecule has 3 aromatic carbocycles. The highest BCUT2D eigenvalue weighted by molar-refractivity contribution is 5.84. The van der Waals surface area contributed by atoms with E-state index in [-0.39, 0.29) is 30.4 Å². The Bertz CT molecular complexity index is 1110. The van der Waals surface area contributed by atoms with Crippen LogP contribution >= 0.6 is 0 Å². The Balaban J connectivity index is 1.38. The van der Waals surface area contributed by atoms with E-state index in [9.17, 15) is 14.7 Å². The van der Waals surface area contributed by atoms with Gasteiger partial charge >= 0.3 is 0 Å². The van der Waals surface area contributed by atoms with Crippen molar-refractivity contribution in [3.63, 3.8) is 0 Å². The van der Waals surface area contributed by atoms with Gasteiger partial charge in [0.05, 0.1) is 31.0 Å². The Morgan fingerprint density at radius 1 is 0.758 bits per heavy atom. The van der Waals surface area contributed by atoms with Crippen LogP contribution in [0.25, 0.3) is 0 Å². The van der Waals surface area contributed by atoms with Gasteiger partial charge in [0.25, 0.3) is 0 Å². The number of aliphatic hydroxyl groups is 1. The molecule has 1 spiro atoms. The standard InChI is InChI=1S/C28H28N2O3/c31-18-24-27(23-14-8-3-9-15-23)28(30(24)26(33)17-22-12-6-2-7-13-22)19-29(20-28)25(32)16-21-10-4-1-5-11-21/h1-15,24,27,31H,16-20H2/t24-,27-/m0/s1. The summed E-state index contributed by atoms with van der Waals surface area (Å²) >= 11 is 0. The van der Waals surface area contributed by atoms with E-state index in [0.717, 1.165) is 16.7 Å². The van der Waals surface area contributed by atoms with Crippen LogP contribution < -0.4 is 0 Å². The summed E-state index contributed by atoms with van der Waals surface area (Å²) in [5.41, 5.74) is 2.58. The SMILES string of the molecule is O=C(Cc1ccccc1)N1CC2(C1)[C@@H](c1ccccc1)[C@H](CO)N2C(=O)Cc1ccccc1. The van der Waals surface area contributed by atoms with Gasteiger partial charge in [-0.15, -0.1) is 0 Å². The molecular weight excluding hydrogens is 412 g/mol. The average Bonchev–Trinajstić information content (AvgIpc) is 2.80. The highest BCUT2D eigenvalue weighted by atomic mass is 16.3. The van der Waals surface area contributed by atoms with Crippen LogP contribution in [-0.2, 0) is 22.4 Å². The van der Waals surface area contributed by atoms with E-state index in [1.165, 1.54) is 0 Å². The van der Waals surface area contributed by atoms with Crippen LogP contribution in [0.5, 0.6) is 0 Å². The molecule has 2 aliphatic rings. The fourth-order valence-electron chi connectivity index (χ4n) is 5.60. The highest BCUT2D eigenvalue weighted by Gasteiger charge is 2.67. The molecule has 0 unspecified atom stereocenters. The topological polar surface area (TPSA) is 60.9 Å². The number of rotatable bonds is 6. The number of carbonyl (C=O) groups excluding carboxylic acids is 2. The molecule has 2 fully saturated rings. The zero-order chi connectivity index (χ0) is 22.8. The summed E-state index contributed by atoms with van der Waals surface area (Å²) < 4.78 is 0. The Morgan fingerprint density at radius 3 is 1.76 bits per heavy atom. The minimum Gasteiger partial charge on any atom is -0.394 e. The van der Waals surface area contributed by atoms with Crippen LogP contribution in [-0.4, -0.2) is 58.0 Å². The molecule has 168 valence electrons. The Morgan fingerprint density at radius 2 is 1.24 bits per heavy atom. The van der Waals surface area contributed by atoms with E-state index in [2.05, 4.69) is 12.1 Å². The molecule has 2 aliphatic heterocycles. The smallest absolute Gasteiger partial charge is 0.227 e. The van der Waals surface area contributed by atoms with E-state index >= 15 is 0 Å². The molecule has 0 aromatic heterocycles. The third kappa shape index (κ3) is 3.83. The fourth-order valence-corrected chi connectivity index (χ4v) is 5.60. The maximum Gasteiger partial charge on any atom is 0.227 e. The van der Waals surface area contributed by atoms with Crippen molar-refractivity contribution in [2.24, 2.45) is 0 Å². The quantitative estimate of drug-likeness (QED) is 0.641. The number of benzene rings is 3. The number of hydrogen-bond acceptors (Lipinski definition) is 3. The van der Waals surface area contributed by atoms with Crippen LogP contribution in [0.2, 0.25) is 0 Å². The first kappa shape index (κ1) is 21.4. The third-order valence-corrected chi connectivity index (χ3v) is 7.07. The average molecular weight is 441 g/mol. The molecule has 0 aliphatic carbocycles. The number of likely N-dealkylation sites (tertiary alicyclic amines) is 2. The van der Waals surface area contributed by atoms with E-state index in [1.54, 1.807) is 0 Å². The molecule has 0 saturated carbocycles. The molecule has 5 rings (SSSR count). The maximum atomic E-state index is 13.4. The van der Waals surface area contributed by atoms with Gasteiger partial charge in [0.2, 0.25) is 11.8 Å². The fraction of sp³-hybridized carbons (Fsp3) is 0.286. The second-order valence-corrected chi connectivity index (χ2v) is 9.08. The normalized spacial score (nSPS) is 20.8. The van der Waals surface area contributed by atoms with Crippen molar-refractivity contribution in [1.82, 2.24) is 9.80 Å².